The van der Waals surface area contributed by atoms with Gasteiger partial charge in [-0.3, -0.25) is 9.59 Å². The number of carboxylic acids is 1. The number of carboxylic acid groups (broad SMARTS) is 1. The Morgan fingerprint density at radius 2 is 2.11 bits per heavy atom. The van der Waals surface area contributed by atoms with Crippen LogP contribution in [0.4, 0.5) is 0 Å². The van der Waals surface area contributed by atoms with Gasteiger partial charge in [-0.2, -0.15) is 0 Å². The monoisotopic (exact) mass is 244 g/mol. The fourth-order valence-corrected chi connectivity index (χ4v) is 2.88. The van der Waals surface area contributed by atoms with Gasteiger partial charge in [0, 0.05) is 17.7 Å². The van der Waals surface area contributed by atoms with Gasteiger partial charge in [0.2, 0.25) is 5.78 Å². The lowest BCUT2D eigenvalue weighted by Crippen LogP contribution is -2.32. The summed E-state index contributed by atoms with van der Waals surface area (Å²) in [6.45, 7) is 0.664. The number of amides is 1. The Labute approximate surface area is 103 Å². The van der Waals surface area contributed by atoms with Gasteiger partial charge in [0.25, 0.3) is 5.91 Å². The number of carbonyl (C=O) groups excluding carboxylic acids is 3. The summed E-state index contributed by atoms with van der Waals surface area (Å²) in [4.78, 5) is 36.1. The van der Waals surface area contributed by atoms with Crippen molar-refractivity contribution in [3.8, 4) is 0 Å². The maximum atomic E-state index is 12.1. The van der Waals surface area contributed by atoms with E-state index in [2.05, 4.69) is 0 Å². The minimum Gasteiger partial charge on any atom is -0.541 e. The van der Waals surface area contributed by atoms with E-state index in [1.807, 2.05) is 0 Å². The van der Waals surface area contributed by atoms with Gasteiger partial charge in [-0.25, -0.2) is 0 Å². The van der Waals surface area contributed by atoms with Crippen molar-refractivity contribution in [2.24, 2.45) is 0 Å². The summed E-state index contributed by atoms with van der Waals surface area (Å²) in [6, 6.07) is 4.48. The third-order valence-corrected chi connectivity index (χ3v) is 3.61. The molecule has 18 heavy (non-hydrogen) atoms. The molecule has 0 aromatic heterocycles. The summed E-state index contributed by atoms with van der Waals surface area (Å²) < 4.78 is 0. The average molecular weight is 244 g/mol. The molecule has 1 unspecified atom stereocenters. The SMILES string of the molecule is O=C([O-])C(=O)c1cccc2c1C1CCCN1C2=O. The van der Waals surface area contributed by atoms with Crippen molar-refractivity contribution >= 4 is 17.7 Å². The Balaban J connectivity index is 2.18. The van der Waals surface area contributed by atoms with Crippen molar-refractivity contribution in [3.63, 3.8) is 0 Å². The number of hydrogen-bond donors (Lipinski definition) is 0. The first-order valence-corrected chi connectivity index (χ1v) is 5.81. The van der Waals surface area contributed by atoms with Crippen molar-refractivity contribution in [2.45, 2.75) is 18.9 Å². The maximum Gasteiger partial charge on any atom is 0.254 e. The third-order valence-electron chi connectivity index (χ3n) is 3.61. The minimum atomic E-state index is -1.73. The highest BCUT2D eigenvalue weighted by Crippen LogP contribution is 2.42. The zero-order valence-electron chi connectivity index (χ0n) is 9.51. The molecule has 1 aromatic carbocycles. The van der Waals surface area contributed by atoms with E-state index >= 15 is 0 Å². The fraction of sp³-hybridized carbons (Fsp3) is 0.308. The predicted octanol–water partition coefficient (Wildman–Crippen LogP) is -0.0901. The predicted molar refractivity (Wildman–Crippen MR) is 58.8 cm³/mol. The molecule has 5 nitrogen and oxygen atoms in total. The molecule has 0 aliphatic carbocycles. The largest absolute Gasteiger partial charge is 0.541 e. The lowest BCUT2D eigenvalue weighted by Gasteiger charge is -2.16. The molecule has 1 fully saturated rings. The summed E-state index contributed by atoms with van der Waals surface area (Å²) in [6.07, 6.45) is 1.65. The summed E-state index contributed by atoms with van der Waals surface area (Å²) in [5.74, 6) is -2.89. The van der Waals surface area contributed by atoms with E-state index in [0.29, 0.717) is 17.7 Å². The zero-order chi connectivity index (χ0) is 12.9. The minimum absolute atomic E-state index is 0.0928. The van der Waals surface area contributed by atoms with Crippen molar-refractivity contribution in [1.29, 1.82) is 0 Å². The van der Waals surface area contributed by atoms with Crippen LogP contribution in [0.15, 0.2) is 18.2 Å². The number of aliphatic carboxylic acids is 1. The molecule has 0 bridgehead atoms. The molecule has 0 radical (unpaired) electrons. The van der Waals surface area contributed by atoms with Gasteiger partial charge in [0.1, 0.15) is 5.97 Å². The van der Waals surface area contributed by atoms with E-state index < -0.39 is 11.8 Å². The Bertz CT molecular complexity index is 578. The topological polar surface area (TPSA) is 77.5 Å². The molecule has 5 heteroatoms. The highest BCUT2D eigenvalue weighted by atomic mass is 16.4. The Morgan fingerprint density at radius 3 is 2.83 bits per heavy atom. The van der Waals surface area contributed by atoms with E-state index in [1.165, 1.54) is 12.1 Å². The summed E-state index contributed by atoms with van der Waals surface area (Å²) in [7, 11) is 0. The average Bonchev–Trinajstić information content (AvgIpc) is 2.92. The van der Waals surface area contributed by atoms with Crippen LogP contribution in [0.3, 0.4) is 0 Å². The van der Waals surface area contributed by atoms with Crippen molar-refractivity contribution < 1.29 is 19.5 Å². The standard InChI is InChI=1S/C13H11NO4/c15-11(13(17)18)7-3-1-4-8-10(7)9-5-2-6-14(9)12(8)16/h1,3-4,9H,2,5-6H2,(H,17,18)/p-1. The van der Waals surface area contributed by atoms with Crippen LogP contribution in [0.25, 0.3) is 0 Å². The van der Waals surface area contributed by atoms with Gasteiger partial charge in [0.15, 0.2) is 0 Å². The number of fused-ring (bicyclic) bond motifs is 3. The normalized spacial score (nSPS) is 20.8. The fourth-order valence-electron chi connectivity index (χ4n) is 2.88. The van der Waals surface area contributed by atoms with Crippen molar-refractivity contribution in [2.75, 3.05) is 6.54 Å². The number of carbonyl (C=O) groups is 3. The number of nitrogens with zero attached hydrogens (tertiary/aromatic N) is 1. The van der Waals surface area contributed by atoms with Gasteiger partial charge in [0.05, 0.1) is 6.04 Å². The van der Waals surface area contributed by atoms with Crippen LogP contribution in [0.5, 0.6) is 0 Å². The molecule has 2 aliphatic heterocycles. The van der Waals surface area contributed by atoms with Gasteiger partial charge < -0.3 is 14.8 Å². The molecule has 0 spiro atoms. The number of ketones is 1. The second kappa shape index (κ2) is 3.66. The third kappa shape index (κ3) is 1.30. The lowest BCUT2D eigenvalue weighted by molar-refractivity contribution is -0.296. The van der Waals surface area contributed by atoms with Gasteiger partial charge in [-0.15, -0.1) is 0 Å². The van der Waals surface area contributed by atoms with Gasteiger partial charge in [-0.1, -0.05) is 12.1 Å². The first-order chi connectivity index (χ1) is 8.61. The Kier molecular flexibility index (Phi) is 2.23. The number of Topliss-reactive ketones (excluding diaryl/α,β-unsaturated/α-hetero) is 1. The van der Waals surface area contributed by atoms with Gasteiger partial charge in [-0.05, 0) is 24.5 Å². The molecule has 92 valence electrons. The molecule has 3 rings (SSSR count). The molecule has 0 saturated carbocycles. The number of hydrogen-bond acceptors (Lipinski definition) is 4. The smallest absolute Gasteiger partial charge is 0.254 e. The maximum absolute atomic E-state index is 12.1. The van der Waals surface area contributed by atoms with Crippen molar-refractivity contribution in [1.82, 2.24) is 4.90 Å². The van der Waals surface area contributed by atoms with Crippen LogP contribution in [-0.2, 0) is 4.79 Å². The Hall–Kier alpha value is -2.17. The molecule has 1 amide bonds. The Morgan fingerprint density at radius 1 is 1.33 bits per heavy atom. The first kappa shape index (κ1) is 11.0. The van der Waals surface area contributed by atoms with E-state index in [0.717, 1.165) is 12.8 Å². The molecule has 2 heterocycles. The second-order valence-electron chi connectivity index (χ2n) is 4.54. The van der Waals surface area contributed by atoms with E-state index in [9.17, 15) is 19.5 Å². The molecular weight excluding hydrogens is 234 g/mol. The van der Waals surface area contributed by atoms with E-state index in [1.54, 1.807) is 11.0 Å². The highest BCUT2D eigenvalue weighted by molar-refractivity contribution is 6.39. The highest BCUT2D eigenvalue weighted by Gasteiger charge is 2.41. The summed E-state index contributed by atoms with van der Waals surface area (Å²) >= 11 is 0. The molecule has 1 atom stereocenters. The lowest BCUT2D eigenvalue weighted by atomic mass is 9.94. The number of benzene rings is 1. The molecular formula is C13H10NO4-. The van der Waals surface area contributed by atoms with Crippen LogP contribution in [0.2, 0.25) is 0 Å². The number of rotatable bonds is 2. The summed E-state index contributed by atoms with van der Waals surface area (Å²) in [5, 5.41) is 10.7. The molecule has 1 saturated heterocycles. The second-order valence-corrected chi connectivity index (χ2v) is 4.54. The van der Waals surface area contributed by atoms with Crippen LogP contribution in [0.1, 0.15) is 45.2 Å². The zero-order valence-corrected chi connectivity index (χ0v) is 9.51. The van der Waals surface area contributed by atoms with Crippen molar-refractivity contribution in [3.05, 3.63) is 34.9 Å². The van der Waals surface area contributed by atoms with Crippen LogP contribution >= 0.6 is 0 Å². The van der Waals surface area contributed by atoms with Crippen LogP contribution in [-0.4, -0.2) is 29.1 Å². The van der Waals surface area contributed by atoms with Gasteiger partial charge >= 0.3 is 0 Å². The van der Waals surface area contributed by atoms with E-state index in [4.69, 9.17) is 0 Å². The van der Waals surface area contributed by atoms with Crippen LogP contribution < -0.4 is 5.11 Å². The van der Waals surface area contributed by atoms with E-state index in [-0.39, 0.29) is 17.5 Å². The quantitative estimate of drug-likeness (QED) is 0.538. The van der Waals surface area contributed by atoms with Crippen LogP contribution in [0, 0.1) is 0 Å². The summed E-state index contributed by atoms with van der Waals surface area (Å²) in [5.41, 5.74) is 1.11. The molecule has 2 aliphatic rings. The first-order valence-electron chi connectivity index (χ1n) is 5.81. The molecule has 1 aromatic rings. The molecule has 0 N–H and O–H groups in total.